The Morgan fingerprint density at radius 1 is 1.08 bits per heavy atom. The summed E-state index contributed by atoms with van der Waals surface area (Å²) >= 11 is 0. The van der Waals surface area contributed by atoms with Crippen molar-refractivity contribution in [2.45, 2.75) is 24.4 Å². The summed E-state index contributed by atoms with van der Waals surface area (Å²) in [6, 6.07) is 2.21. The van der Waals surface area contributed by atoms with Gasteiger partial charge >= 0.3 is 0 Å². The van der Waals surface area contributed by atoms with E-state index in [1.54, 1.807) is 12.1 Å². The van der Waals surface area contributed by atoms with Crippen LogP contribution in [0.5, 0.6) is 5.75 Å². The summed E-state index contributed by atoms with van der Waals surface area (Å²) < 4.78 is 5.80. The van der Waals surface area contributed by atoms with Crippen LogP contribution in [0.3, 0.4) is 0 Å². The van der Waals surface area contributed by atoms with Crippen LogP contribution in [0.15, 0.2) is 12.1 Å². The number of carbonyl (C=O) groups is 4. The number of amides is 4. The van der Waals surface area contributed by atoms with Gasteiger partial charge in [0, 0.05) is 19.5 Å². The fourth-order valence-corrected chi connectivity index (χ4v) is 3.87. The molecule has 2 fully saturated rings. The Balaban J connectivity index is 1.49. The molecule has 1 aromatic carbocycles. The van der Waals surface area contributed by atoms with Crippen LogP contribution in [0.4, 0.5) is 5.69 Å². The molecular formula is C17H16N4O5. The lowest BCUT2D eigenvalue weighted by atomic mass is 9.91. The van der Waals surface area contributed by atoms with E-state index in [1.807, 2.05) is 0 Å². The molecule has 0 bridgehead atoms. The standard InChI is InChI=1S/C17H16N4O5/c22-13-2-1-11(14(23)19-13)21-15(24)8-3-10-12(4-9(8)16(21)25)26-7-17(20-10)5-18-6-17/h3-4,11,18,20H,1-2,5-7H2,(H,19,22,23). The van der Waals surface area contributed by atoms with Crippen LogP contribution in [-0.2, 0) is 9.59 Å². The number of hydrogen-bond acceptors (Lipinski definition) is 7. The van der Waals surface area contributed by atoms with Crippen molar-refractivity contribution in [1.82, 2.24) is 15.5 Å². The van der Waals surface area contributed by atoms with Crippen LogP contribution in [0.2, 0.25) is 0 Å². The number of carbonyl (C=O) groups excluding carboxylic acids is 4. The molecule has 0 aliphatic carbocycles. The molecule has 4 amide bonds. The van der Waals surface area contributed by atoms with Gasteiger partial charge in [-0.25, -0.2) is 0 Å². The van der Waals surface area contributed by atoms with Gasteiger partial charge in [0.25, 0.3) is 11.8 Å². The van der Waals surface area contributed by atoms with Crippen LogP contribution >= 0.6 is 0 Å². The molecule has 0 saturated carbocycles. The monoisotopic (exact) mass is 356 g/mol. The molecule has 9 heteroatoms. The molecule has 0 radical (unpaired) electrons. The van der Waals surface area contributed by atoms with E-state index in [1.165, 1.54) is 0 Å². The minimum Gasteiger partial charge on any atom is -0.489 e. The van der Waals surface area contributed by atoms with Gasteiger partial charge < -0.3 is 15.4 Å². The van der Waals surface area contributed by atoms with Gasteiger partial charge in [0.05, 0.1) is 22.4 Å². The fourth-order valence-electron chi connectivity index (χ4n) is 3.87. The zero-order chi connectivity index (χ0) is 18.1. The molecule has 1 atom stereocenters. The van der Waals surface area contributed by atoms with Crippen LogP contribution in [0, 0.1) is 0 Å². The highest BCUT2D eigenvalue weighted by atomic mass is 16.5. The number of imide groups is 2. The Labute approximate surface area is 148 Å². The maximum atomic E-state index is 12.8. The number of rotatable bonds is 1. The summed E-state index contributed by atoms with van der Waals surface area (Å²) in [7, 11) is 0. The molecule has 26 heavy (non-hydrogen) atoms. The van der Waals surface area contributed by atoms with Gasteiger partial charge in [-0.15, -0.1) is 0 Å². The normalized spacial score (nSPS) is 25.8. The molecule has 1 aromatic rings. The number of nitrogens with zero attached hydrogens (tertiary/aromatic N) is 1. The van der Waals surface area contributed by atoms with Crippen molar-refractivity contribution >= 4 is 29.3 Å². The van der Waals surface area contributed by atoms with E-state index in [-0.39, 0.29) is 29.5 Å². The van der Waals surface area contributed by atoms with Crippen molar-refractivity contribution < 1.29 is 23.9 Å². The van der Waals surface area contributed by atoms with Gasteiger partial charge in [0.15, 0.2) is 0 Å². The van der Waals surface area contributed by atoms with E-state index in [0.717, 1.165) is 18.0 Å². The lowest BCUT2D eigenvalue weighted by molar-refractivity contribution is -0.136. The van der Waals surface area contributed by atoms with Gasteiger partial charge in [0.1, 0.15) is 18.4 Å². The second-order valence-electron chi connectivity index (χ2n) is 7.14. The predicted octanol–water partition coefficient (Wildman–Crippen LogP) is -0.766. The summed E-state index contributed by atoms with van der Waals surface area (Å²) in [5.74, 6) is -1.54. The molecule has 4 heterocycles. The van der Waals surface area contributed by atoms with Crippen molar-refractivity contribution in [3.63, 3.8) is 0 Å². The predicted molar refractivity (Wildman–Crippen MR) is 87.8 cm³/mol. The Hall–Kier alpha value is -2.94. The zero-order valence-electron chi connectivity index (χ0n) is 13.8. The minimum atomic E-state index is -0.965. The Morgan fingerprint density at radius 2 is 1.81 bits per heavy atom. The van der Waals surface area contributed by atoms with Gasteiger partial charge in [-0.1, -0.05) is 0 Å². The van der Waals surface area contributed by atoms with Crippen molar-refractivity contribution in [3.05, 3.63) is 23.3 Å². The fraction of sp³-hybridized carbons (Fsp3) is 0.412. The first-order chi connectivity index (χ1) is 12.5. The van der Waals surface area contributed by atoms with Crippen LogP contribution in [0.1, 0.15) is 33.6 Å². The van der Waals surface area contributed by atoms with Gasteiger partial charge in [-0.05, 0) is 18.6 Å². The molecular weight excluding hydrogens is 340 g/mol. The Morgan fingerprint density at radius 3 is 2.46 bits per heavy atom. The Bertz CT molecular complexity index is 891. The molecule has 0 aromatic heterocycles. The second-order valence-corrected chi connectivity index (χ2v) is 7.14. The van der Waals surface area contributed by atoms with Gasteiger partial charge in [-0.2, -0.15) is 0 Å². The second kappa shape index (κ2) is 5.04. The first kappa shape index (κ1) is 15.3. The highest BCUT2D eigenvalue weighted by molar-refractivity contribution is 6.24. The number of nitrogens with one attached hydrogen (secondary N) is 3. The average Bonchev–Trinajstić information content (AvgIpc) is 2.82. The van der Waals surface area contributed by atoms with E-state index in [9.17, 15) is 19.2 Å². The third-order valence-electron chi connectivity index (χ3n) is 5.37. The molecule has 4 aliphatic heterocycles. The summed E-state index contributed by atoms with van der Waals surface area (Å²) in [6.07, 6.45) is 0.236. The molecule has 9 nitrogen and oxygen atoms in total. The van der Waals surface area contributed by atoms with Crippen molar-refractivity contribution in [1.29, 1.82) is 0 Å². The van der Waals surface area contributed by atoms with E-state index in [4.69, 9.17) is 4.74 Å². The molecule has 2 saturated heterocycles. The third-order valence-corrected chi connectivity index (χ3v) is 5.37. The van der Waals surface area contributed by atoms with Gasteiger partial charge in [0.2, 0.25) is 11.8 Å². The highest BCUT2D eigenvalue weighted by Crippen LogP contribution is 2.39. The number of hydrogen-bond donors (Lipinski definition) is 3. The molecule has 3 N–H and O–H groups in total. The summed E-state index contributed by atoms with van der Waals surface area (Å²) in [5.41, 5.74) is 0.959. The van der Waals surface area contributed by atoms with E-state index < -0.39 is 29.7 Å². The minimum absolute atomic E-state index is 0.0977. The number of anilines is 1. The summed E-state index contributed by atoms with van der Waals surface area (Å²) in [6.45, 7) is 2.00. The van der Waals surface area contributed by atoms with Crippen molar-refractivity contribution in [2.75, 3.05) is 25.0 Å². The highest BCUT2D eigenvalue weighted by Gasteiger charge is 2.47. The molecule has 134 valence electrons. The van der Waals surface area contributed by atoms with Crippen LogP contribution < -0.4 is 20.7 Å². The molecule has 1 spiro atoms. The lowest BCUT2D eigenvalue weighted by Crippen LogP contribution is -2.68. The average molecular weight is 356 g/mol. The molecule has 4 aliphatic rings. The third kappa shape index (κ3) is 2.00. The first-order valence-electron chi connectivity index (χ1n) is 8.49. The maximum Gasteiger partial charge on any atom is 0.262 e. The smallest absolute Gasteiger partial charge is 0.262 e. The topological polar surface area (TPSA) is 117 Å². The first-order valence-corrected chi connectivity index (χ1v) is 8.49. The summed E-state index contributed by atoms with van der Waals surface area (Å²) in [4.78, 5) is 50.0. The van der Waals surface area contributed by atoms with E-state index in [0.29, 0.717) is 18.0 Å². The zero-order valence-corrected chi connectivity index (χ0v) is 13.8. The van der Waals surface area contributed by atoms with Crippen molar-refractivity contribution in [2.24, 2.45) is 0 Å². The quantitative estimate of drug-likeness (QED) is 0.566. The van der Waals surface area contributed by atoms with Crippen molar-refractivity contribution in [3.8, 4) is 5.75 Å². The van der Waals surface area contributed by atoms with Crippen LogP contribution in [-0.4, -0.2) is 59.8 Å². The maximum absolute atomic E-state index is 12.8. The molecule has 1 unspecified atom stereocenters. The number of piperidine rings is 1. The lowest BCUT2D eigenvalue weighted by Gasteiger charge is -2.46. The summed E-state index contributed by atoms with van der Waals surface area (Å²) in [5, 5.41) is 8.76. The van der Waals surface area contributed by atoms with Gasteiger partial charge in [-0.3, -0.25) is 29.4 Å². The van der Waals surface area contributed by atoms with E-state index >= 15 is 0 Å². The number of benzene rings is 1. The molecule has 5 rings (SSSR count). The largest absolute Gasteiger partial charge is 0.489 e. The number of fused-ring (bicyclic) bond motifs is 2. The Kier molecular flexibility index (Phi) is 2.97. The number of ether oxygens (including phenoxy) is 1. The van der Waals surface area contributed by atoms with Crippen LogP contribution in [0.25, 0.3) is 0 Å². The van der Waals surface area contributed by atoms with E-state index in [2.05, 4.69) is 16.0 Å². The SMILES string of the molecule is O=C1CCC(N2C(=O)c3cc4c(cc3C2=O)OCC2(CNC2)N4)C(=O)N1.